The highest BCUT2D eigenvalue weighted by atomic mass is 16.3. The Hall–Kier alpha value is -3.63. The molecule has 1 aromatic heterocycles. The average molecular weight is 422 g/mol. The van der Waals surface area contributed by atoms with Crippen molar-refractivity contribution in [2.24, 2.45) is 0 Å². The van der Waals surface area contributed by atoms with Crippen LogP contribution in [-0.4, -0.2) is 28.1 Å². The van der Waals surface area contributed by atoms with Gasteiger partial charge in [0.25, 0.3) is 0 Å². The summed E-state index contributed by atoms with van der Waals surface area (Å²) in [5, 5.41) is 18.6. The molecule has 0 amide bonds. The van der Waals surface area contributed by atoms with Crippen LogP contribution >= 0.6 is 0 Å². The highest BCUT2D eigenvalue weighted by Crippen LogP contribution is 2.37. The van der Waals surface area contributed by atoms with Crippen LogP contribution in [0.5, 0.6) is 5.75 Å². The number of phenols is 1. The maximum Gasteiger partial charge on any atom is 0.120 e. The van der Waals surface area contributed by atoms with Crippen molar-refractivity contribution in [1.82, 2.24) is 9.88 Å². The summed E-state index contributed by atoms with van der Waals surface area (Å²) in [5.74, 6) is 0.331. The zero-order valence-electron chi connectivity index (χ0n) is 18.5. The Kier molecular flexibility index (Phi) is 5.38. The molecule has 0 aliphatic heterocycles. The molecule has 2 N–H and O–H groups in total. The van der Waals surface area contributed by atoms with E-state index in [4.69, 9.17) is 4.98 Å². The van der Waals surface area contributed by atoms with Crippen molar-refractivity contribution in [3.63, 3.8) is 0 Å². The predicted octanol–water partition coefficient (Wildman–Crippen LogP) is 6.83. The second-order valence-electron chi connectivity index (χ2n) is 8.12. The van der Waals surface area contributed by atoms with E-state index in [1.54, 1.807) is 6.07 Å². The van der Waals surface area contributed by atoms with Gasteiger partial charge in [-0.3, -0.25) is 4.90 Å². The number of pyridine rings is 1. The molecule has 0 unspecified atom stereocenters. The number of hydrogen-bond donors (Lipinski definition) is 2. The first-order valence-electron chi connectivity index (χ1n) is 11.2. The van der Waals surface area contributed by atoms with Crippen molar-refractivity contribution >= 4 is 44.0 Å². The largest absolute Gasteiger partial charge is 0.508 e. The quantitative estimate of drug-likeness (QED) is 0.179. The van der Waals surface area contributed by atoms with Gasteiger partial charge in [0.15, 0.2) is 0 Å². The summed E-state index contributed by atoms with van der Waals surface area (Å²) in [4.78, 5) is 7.31. The third-order valence-electron chi connectivity index (χ3n) is 6.21. The molecule has 32 heavy (non-hydrogen) atoms. The highest BCUT2D eigenvalue weighted by Gasteiger charge is 2.13. The van der Waals surface area contributed by atoms with Gasteiger partial charge < -0.3 is 10.4 Å². The number of anilines is 2. The van der Waals surface area contributed by atoms with Crippen LogP contribution in [0.15, 0.2) is 78.9 Å². The van der Waals surface area contributed by atoms with Gasteiger partial charge >= 0.3 is 0 Å². The van der Waals surface area contributed by atoms with Gasteiger partial charge in [-0.25, -0.2) is 4.98 Å². The number of aromatic hydroxyl groups is 1. The average Bonchev–Trinajstić information content (AvgIpc) is 2.84. The summed E-state index contributed by atoms with van der Waals surface area (Å²) >= 11 is 0. The number of nitrogens with one attached hydrogen (secondary N) is 1. The topological polar surface area (TPSA) is 48.4 Å². The van der Waals surface area contributed by atoms with E-state index in [9.17, 15) is 5.11 Å². The van der Waals surface area contributed by atoms with Gasteiger partial charge in [-0.1, -0.05) is 68.4 Å². The Balaban J connectivity index is 1.67. The molecule has 0 saturated carbocycles. The fourth-order valence-electron chi connectivity index (χ4n) is 4.38. The Morgan fingerprint density at radius 1 is 0.812 bits per heavy atom. The smallest absolute Gasteiger partial charge is 0.120 e. The lowest BCUT2D eigenvalue weighted by Gasteiger charge is -2.20. The molecule has 5 rings (SSSR count). The molecule has 0 spiro atoms. The fraction of sp³-hybridized carbons (Fsp3) is 0.179. The maximum absolute atomic E-state index is 10.4. The number of fused-ring (bicyclic) bond motifs is 4. The lowest BCUT2D eigenvalue weighted by Crippen LogP contribution is -2.22. The van der Waals surface area contributed by atoms with Gasteiger partial charge in [-0.2, -0.15) is 0 Å². The molecule has 5 aromatic rings. The molecule has 4 nitrogen and oxygen atoms in total. The summed E-state index contributed by atoms with van der Waals surface area (Å²) < 4.78 is 0. The van der Waals surface area contributed by atoms with E-state index in [2.05, 4.69) is 78.7 Å². The van der Waals surface area contributed by atoms with Gasteiger partial charge in [0.1, 0.15) is 5.75 Å². The lowest BCUT2D eigenvalue weighted by atomic mass is 10.0. The van der Waals surface area contributed by atoms with Gasteiger partial charge in [0, 0.05) is 34.0 Å². The molecular weight excluding hydrogens is 394 g/mol. The Bertz CT molecular complexity index is 1420. The van der Waals surface area contributed by atoms with Gasteiger partial charge in [0.2, 0.25) is 0 Å². The summed E-state index contributed by atoms with van der Waals surface area (Å²) in [7, 11) is 0. The van der Waals surface area contributed by atoms with E-state index in [1.165, 1.54) is 5.39 Å². The number of rotatable bonds is 6. The maximum atomic E-state index is 10.4. The number of aromatic nitrogens is 1. The minimum Gasteiger partial charge on any atom is -0.508 e. The fourth-order valence-corrected chi connectivity index (χ4v) is 4.38. The number of benzene rings is 4. The monoisotopic (exact) mass is 421 g/mol. The molecule has 0 atom stereocenters. The number of para-hydroxylation sites is 1. The molecule has 160 valence electrons. The van der Waals surface area contributed by atoms with E-state index < -0.39 is 0 Å². The SMILES string of the molecule is CCN(CC)Cc1cc(Nc2c3ccccc3nc3c2ccc2ccccc23)ccc1O. The minimum absolute atomic E-state index is 0.331. The summed E-state index contributed by atoms with van der Waals surface area (Å²) in [5.41, 5.74) is 4.87. The van der Waals surface area contributed by atoms with E-state index in [0.29, 0.717) is 5.75 Å². The lowest BCUT2D eigenvalue weighted by molar-refractivity contribution is 0.291. The van der Waals surface area contributed by atoms with E-state index >= 15 is 0 Å². The van der Waals surface area contributed by atoms with Crippen LogP contribution < -0.4 is 5.32 Å². The zero-order chi connectivity index (χ0) is 22.1. The van der Waals surface area contributed by atoms with Crippen LogP contribution in [0.2, 0.25) is 0 Å². The molecule has 1 heterocycles. The number of nitrogens with zero attached hydrogens (tertiary/aromatic N) is 2. The first-order valence-corrected chi connectivity index (χ1v) is 11.2. The molecule has 4 heteroatoms. The van der Waals surface area contributed by atoms with Gasteiger partial charge in [-0.05, 0) is 42.7 Å². The highest BCUT2D eigenvalue weighted by molar-refractivity contribution is 6.16. The first-order chi connectivity index (χ1) is 15.7. The Morgan fingerprint density at radius 2 is 1.56 bits per heavy atom. The Labute approximate surface area is 188 Å². The van der Waals surface area contributed by atoms with Crippen molar-refractivity contribution < 1.29 is 5.11 Å². The molecule has 0 aliphatic rings. The van der Waals surface area contributed by atoms with Crippen LogP contribution in [0, 0.1) is 0 Å². The first kappa shape index (κ1) is 20.3. The molecule has 0 fully saturated rings. The van der Waals surface area contributed by atoms with Crippen LogP contribution in [0.4, 0.5) is 11.4 Å². The van der Waals surface area contributed by atoms with Gasteiger partial charge in [0.05, 0.1) is 16.7 Å². The van der Waals surface area contributed by atoms with Crippen LogP contribution in [0.25, 0.3) is 32.6 Å². The third kappa shape index (κ3) is 3.63. The molecule has 0 radical (unpaired) electrons. The van der Waals surface area contributed by atoms with E-state index in [0.717, 1.165) is 63.8 Å². The minimum atomic E-state index is 0.331. The number of phenolic OH excluding ortho intramolecular Hbond substituents is 1. The Morgan fingerprint density at radius 3 is 2.38 bits per heavy atom. The predicted molar refractivity (Wildman–Crippen MR) is 135 cm³/mol. The van der Waals surface area contributed by atoms with Crippen molar-refractivity contribution in [1.29, 1.82) is 0 Å². The normalized spacial score (nSPS) is 11.6. The molecular formula is C28H27N3O. The summed E-state index contributed by atoms with van der Waals surface area (Å²) in [6.07, 6.45) is 0. The molecule has 0 bridgehead atoms. The van der Waals surface area contributed by atoms with Crippen LogP contribution in [0.1, 0.15) is 19.4 Å². The van der Waals surface area contributed by atoms with Crippen LogP contribution in [-0.2, 0) is 6.54 Å². The molecule has 0 saturated heterocycles. The summed E-state index contributed by atoms with van der Waals surface area (Å²) in [6.45, 7) is 6.89. The van der Waals surface area contributed by atoms with Crippen molar-refractivity contribution in [3.05, 3.63) is 84.4 Å². The van der Waals surface area contributed by atoms with Crippen molar-refractivity contribution in [2.45, 2.75) is 20.4 Å². The standard InChI is InChI=1S/C28H27N3O/c1-3-31(4-2)18-20-17-21(14-16-26(20)32)29-28-23-11-7-8-12-25(23)30-27-22-10-6-5-9-19(22)13-15-24(27)28/h5-17,32H,3-4,18H2,1-2H3,(H,29,30). The van der Waals surface area contributed by atoms with Crippen LogP contribution in [0.3, 0.4) is 0 Å². The van der Waals surface area contributed by atoms with Gasteiger partial charge in [-0.15, -0.1) is 0 Å². The second-order valence-corrected chi connectivity index (χ2v) is 8.12. The third-order valence-corrected chi connectivity index (χ3v) is 6.21. The van der Waals surface area contributed by atoms with E-state index in [1.807, 2.05) is 18.2 Å². The molecule has 0 aliphatic carbocycles. The zero-order valence-corrected chi connectivity index (χ0v) is 18.5. The summed E-state index contributed by atoms with van der Waals surface area (Å²) in [6, 6.07) is 26.7. The second kappa shape index (κ2) is 8.48. The number of hydrogen-bond acceptors (Lipinski definition) is 4. The van der Waals surface area contributed by atoms with E-state index in [-0.39, 0.29) is 0 Å². The van der Waals surface area contributed by atoms with Crippen molar-refractivity contribution in [2.75, 3.05) is 18.4 Å². The van der Waals surface area contributed by atoms with Crippen molar-refractivity contribution in [3.8, 4) is 5.75 Å². The molecule has 4 aromatic carbocycles.